The van der Waals surface area contributed by atoms with Crippen molar-refractivity contribution in [2.75, 3.05) is 0 Å². The van der Waals surface area contributed by atoms with Gasteiger partial charge in [-0.15, -0.1) is 0 Å². The van der Waals surface area contributed by atoms with Gasteiger partial charge in [0.1, 0.15) is 17.2 Å². The fraction of sp³-hybridized carbons (Fsp3) is 0.156. The number of hydrogen-bond acceptors (Lipinski definition) is 10. The van der Waals surface area contributed by atoms with Crippen LogP contribution in [0, 0.1) is 0 Å². The van der Waals surface area contributed by atoms with E-state index in [1.54, 1.807) is 6.92 Å². The fourth-order valence-corrected chi connectivity index (χ4v) is 2.80. The molecule has 0 N–H and O–H groups in total. The largest absolute Gasteiger partial charge is 0.423 e. The summed E-state index contributed by atoms with van der Waals surface area (Å²) in [5, 5.41) is 0. The third-order valence-electron chi connectivity index (χ3n) is 5.02. The van der Waals surface area contributed by atoms with Gasteiger partial charge in [0.2, 0.25) is 0 Å². The summed E-state index contributed by atoms with van der Waals surface area (Å²) in [6.07, 6.45) is 1.11. The first-order valence-electron chi connectivity index (χ1n) is 12.3. The van der Waals surface area contributed by atoms with Crippen molar-refractivity contribution in [3.63, 3.8) is 0 Å². The first-order valence-corrected chi connectivity index (χ1v) is 12.3. The molecule has 2 rings (SSSR count). The van der Waals surface area contributed by atoms with Crippen molar-refractivity contribution in [2.45, 2.75) is 34.6 Å². The lowest BCUT2D eigenvalue weighted by Crippen LogP contribution is -2.13. The molecule has 0 atom stereocenters. The monoisotopic (exact) mass is 574 g/mol. The molecule has 0 heterocycles. The molecule has 0 spiro atoms. The highest BCUT2D eigenvalue weighted by Gasteiger charge is 2.18. The van der Waals surface area contributed by atoms with E-state index in [2.05, 4.69) is 26.3 Å². The van der Waals surface area contributed by atoms with Crippen molar-refractivity contribution >= 4 is 35.4 Å². The van der Waals surface area contributed by atoms with Crippen LogP contribution in [0.4, 0.5) is 0 Å². The van der Waals surface area contributed by atoms with Crippen LogP contribution in [0.2, 0.25) is 0 Å². The van der Waals surface area contributed by atoms with E-state index in [1.807, 2.05) is 0 Å². The highest BCUT2D eigenvalue weighted by atomic mass is 16.6. The fourth-order valence-electron chi connectivity index (χ4n) is 2.80. The molecule has 218 valence electrons. The average Bonchev–Trinajstić information content (AvgIpc) is 2.89. The molecule has 2 aromatic carbocycles. The highest BCUT2D eigenvalue weighted by Crippen LogP contribution is 2.33. The molecule has 10 nitrogen and oxygen atoms in total. The number of hydrogen-bond donors (Lipinski definition) is 0. The van der Waals surface area contributed by atoms with Gasteiger partial charge in [0.05, 0.1) is 0 Å². The van der Waals surface area contributed by atoms with Crippen LogP contribution in [-0.2, 0) is 24.0 Å². The van der Waals surface area contributed by atoms with Gasteiger partial charge in [-0.1, -0.05) is 26.3 Å². The van der Waals surface area contributed by atoms with E-state index in [-0.39, 0.29) is 51.0 Å². The first-order chi connectivity index (χ1) is 19.6. The Morgan fingerprint density at radius 1 is 0.524 bits per heavy atom. The van der Waals surface area contributed by atoms with Crippen LogP contribution in [0.1, 0.15) is 40.2 Å². The van der Waals surface area contributed by atoms with Gasteiger partial charge in [0, 0.05) is 40.5 Å². The van der Waals surface area contributed by atoms with E-state index < -0.39 is 29.8 Å². The normalized spacial score (nSPS) is 10.5. The van der Waals surface area contributed by atoms with Gasteiger partial charge in [-0.2, -0.15) is 0 Å². The molecule has 0 radical (unpaired) electrons. The molecule has 0 amide bonds. The maximum atomic E-state index is 12.9. The van der Waals surface area contributed by atoms with Crippen LogP contribution in [0.5, 0.6) is 28.7 Å². The zero-order chi connectivity index (χ0) is 31.7. The average molecular weight is 575 g/mol. The van der Waals surface area contributed by atoms with Gasteiger partial charge < -0.3 is 23.7 Å². The Labute approximate surface area is 243 Å². The summed E-state index contributed by atoms with van der Waals surface area (Å²) in [4.78, 5) is 61.1. The summed E-state index contributed by atoms with van der Waals surface area (Å²) < 4.78 is 26.4. The molecule has 42 heavy (non-hydrogen) atoms. The number of allylic oxidation sites excluding steroid dienone is 1. The Bertz CT molecular complexity index is 1510. The van der Waals surface area contributed by atoms with E-state index in [9.17, 15) is 24.0 Å². The second kappa shape index (κ2) is 14.2. The van der Waals surface area contributed by atoms with Crippen LogP contribution < -0.4 is 23.7 Å². The zero-order valence-electron chi connectivity index (χ0n) is 24.0. The van der Waals surface area contributed by atoms with Crippen LogP contribution in [0.25, 0.3) is 5.57 Å². The van der Waals surface area contributed by atoms with E-state index >= 15 is 0 Å². The third-order valence-corrected chi connectivity index (χ3v) is 5.02. The van der Waals surface area contributed by atoms with E-state index in [4.69, 9.17) is 23.7 Å². The lowest BCUT2D eigenvalue weighted by atomic mass is 10.1. The molecule has 0 aromatic heterocycles. The van der Waals surface area contributed by atoms with Crippen LogP contribution in [-0.4, -0.2) is 29.8 Å². The molecule has 0 aliphatic heterocycles. The summed E-state index contributed by atoms with van der Waals surface area (Å²) in [7, 11) is 0. The van der Waals surface area contributed by atoms with Gasteiger partial charge in [0.15, 0.2) is 11.5 Å². The molecule has 2 aromatic rings. The van der Waals surface area contributed by atoms with E-state index in [0.29, 0.717) is 11.1 Å². The molecule has 0 aliphatic carbocycles. The second-order valence-electron chi connectivity index (χ2n) is 9.23. The molecule has 0 unspecified atom stereocenters. The van der Waals surface area contributed by atoms with E-state index in [1.165, 1.54) is 64.1 Å². The summed E-state index contributed by atoms with van der Waals surface area (Å²) in [5.41, 5.74) is 1.17. The molecular weight excluding hydrogens is 544 g/mol. The zero-order valence-corrected chi connectivity index (χ0v) is 24.0. The number of esters is 5. The molecule has 0 bridgehead atoms. The SMILES string of the molecule is C=C(C)C(=O)Oc1cc(OC(=O)C(=C)C)cc(/C(C)=C/C(=O)Oc2ccc(OC(=O)C(=C)C)cc2OC(=O)C(=C)C)c1. The third kappa shape index (κ3) is 9.60. The standard InChI is InChI=1S/C32H30O10/c1-17(2)29(34)38-23-10-11-26(27(16-23)42-32(37)20(7)8)41-28(33)12-21(9)22-13-24(39-30(35)18(3)4)15-25(14-22)40-31(36)19(5)6/h10-16H,1,3,5,7H2,2,4,6,8-9H3/b21-12+. The molecule has 0 fully saturated rings. The van der Waals surface area contributed by atoms with Crippen molar-refractivity contribution in [1.29, 1.82) is 0 Å². The maximum absolute atomic E-state index is 12.9. The second-order valence-corrected chi connectivity index (χ2v) is 9.23. The van der Waals surface area contributed by atoms with Crippen molar-refractivity contribution in [3.8, 4) is 28.7 Å². The number of ether oxygens (including phenoxy) is 5. The topological polar surface area (TPSA) is 132 Å². The van der Waals surface area contributed by atoms with Crippen LogP contribution >= 0.6 is 0 Å². The quantitative estimate of drug-likeness (QED) is 0.189. The molecular formula is C32H30O10. The Morgan fingerprint density at radius 3 is 1.40 bits per heavy atom. The van der Waals surface area contributed by atoms with Gasteiger partial charge in [-0.05, 0) is 70.0 Å². The van der Waals surface area contributed by atoms with Crippen molar-refractivity contribution < 1.29 is 47.7 Å². The molecule has 10 heteroatoms. The number of rotatable bonds is 11. The summed E-state index contributed by atoms with van der Waals surface area (Å²) >= 11 is 0. The highest BCUT2D eigenvalue weighted by molar-refractivity contribution is 5.94. The Morgan fingerprint density at radius 2 is 0.952 bits per heavy atom. The van der Waals surface area contributed by atoms with Crippen molar-refractivity contribution in [3.05, 3.63) is 96.6 Å². The minimum atomic E-state index is -0.878. The number of carbonyl (C=O) groups is 5. The van der Waals surface area contributed by atoms with Crippen molar-refractivity contribution in [1.82, 2.24) is 0 Å². The lowest BCUT2D eigenvalue weighted by Gasteiger charge is -2.13. The number of benzene rings is 2. The van der Waals surface area contributed by atoms with Gasteiger partial charge in [-0.25, -0.2) is 24.0 Å². The first kappa shape index (κ1) is 32.7. The predicted molar refractivity (Wildman–Crippen MR) is 154 cm³/mol. The molecule has 0 saturated carbocycles. The van der Waals surface area contributed by atoms with Crippen LogP contribution in [0.15, 0.2) is 91.1 Å². The van der Waals surface area contributed by atoms with Crippen LogP contribution in [0.3, 0.4) is 0 Å². The smallest absolute Gasteiger partial charge is 0.338 e. The Balaban J connectivity index is 2.43. The lowest BCUT2D eigenvalue weighted by molar-refractivity contribution is -0.132. The predicted octanol–water partition coefficient (Wildman–Crippen LogP) is 5.62. The molecule has 0 aliphatic rings. The van der Waals surface area contributed by atoms with Gasteiger partial charge in [-0.3, -0.25) is 0 Å². The molecule has 0 saturated heterocycles. The van der Waals surface area contributed by atoms with Gasteiger partial charge >= 0.3 is 29.8 Å². The minimum absolute atomic E-state index is 0.0111. The summed E-state index contributed by atoms with van der Waals surface area (Å²) in [5.74, 6) is -4.11. The number of carbonyl (C=O) groups excluding carboxylic acids is 5. The van der Waals surface area contributed by atoms with Gasteiger partial charge in [0.25, 0.3) is 0 Å². The maximum Gasteiger partial charge on any atom is 0.338 e. The Hall–Kier alpha value is -5.51. The van der Waals surface area contributed by atoms with E-state index in [0.717, 1.165) is 6.08 Å². The summed E-state index contributed by atoms with van der Waals surface area (Å²) in [6, 6.07) is 8.02. The Kier molecular flexibility index (Phi) is 11.1. The minimum Gasteiger partial charge on any atom is -0.423 e. The van der Waals surface area contributed by atoms with Crippen molar-refractivity contribution in [2.24, 2.45) is 0 Å². The summed E-state index contributed by atoms with van der Waals surface area (Å²) in [6.45, 7) is 21.5.